The molecule has 0 aliphatic carbocycles. The van der Waals surface area contributed by atoms with Crippen molar-refractivity contribution < 1.29 is 56.4 Å². The summed E-state index contributed by atoms with van der Waals surface area (Å²) in [4.78, 5) is 43.9. The van der Waals surface area contributed by atoms with Crippen molar-refractivity contribution >= 4 is 37.0 Å². The van der Waals surface area contributed by atoms with E-state index in [9.17, 15) is 18.9 Å². The molecule has 3 fully saturated rings. The number of rotatable bonds is 14. The van der Waals surface area contributed by atoms with Crippen molar-refractivity contribution in [3.05, 3.63) is 54.5 Å². The zero-order valence-electron chi connectivity index (χ0n) is 28.0. The molecule has 0 radical (unpaired) electrons. The smallest absolute Gasteiger partial charge is 0.459 e. The van der Waals surface area contributed by atoms with Crippen molar-refractivity contribution in [2.45, 2.75) is 57.1 Å². The summed E-state index contributed by atoms with van der Waals surface area (Å²) in [5.41, 5.74) is 3.36. The van der Waals surface area contributed by atoms with Gasteiger partial charge in [-0.3, -0.25) is 18.9 Å². The van der Waals surface area contributed by atoms with E-state index < -0.39 is 73.5 Å². The number of nitrogens with zero attached hydrogens (tertiary/aromatic N) is 3. The van der Waals surface area contributed by atoms with E-state index in [4.69, 9.17) is 43.2 Å². The Balaban J connectivity index is 1.38. The van der Waals surface area contributed by atoms with E-state index in [1.165, 1.54) is 17.8 Å². The summed E-state index contributed by atoms with van der Waals surface area (Å²) in [6.45, 7) is 6.07. The zero-order chi connectivity index (χ0) is 35.7. The molecule has 18 heteroatoms. The number of nitrogens with one attached hydrogen (secondary N) is 1. The summed E-state index contributed by atoms with van der Waals surface area (Å²) in [5, 5.41) is 6.99. The third kappa shape index (κ3) is 7.20. The van der Waals surface area contributed by atoms with E-state index in [-0.39, 0.29) is 50.3 Å². The minimum absolute atomic E-state index is 0.137. The van der Waals surface area contributed by atoms with Crippen LogP contribution in [0.2, 0.25) is 0 Å². The molecule has 5 atom stereocenters. The molecule has 0 amide bonds. The monoisotopic (exact) mass is 717 g/mol. The summed E-state index contributed by atoms with van der Waals surface area (Å²) in [6, 6.07) is 10.4. The van der Waals surface area contributed by atoms with E-state index >= 15 is 0 Å². The second-order valence-corrected chi connectivity index (χ2v) is 14.6. The lowest BCUT2D eigenvalue weighted by Crippen LogP contribution is -2.56. The number of aromatic nitrogens is 3. The van der Waals surface area contributed by atoms with E-state index in [0.717, 1.165) is 0 Å². The van der Waals surface area contributed by atoms with Gasteiger partial charge in [0.2, 0.25) is 5.60 Å². The number of para-hydroxylation sites is 1. The second kappa shape index (κ2) is 14.2. The lowest BCUT2D eigenvalue weighted by molar-refractivity contribution is -0.207. The Bertz CT molecular complexity index is 1770. The molecule has 3 aliphatic rings. The van der Waals surface area contributed by atoms with Gasteiger partial charge in [0, 0.05) is 0 Å². The van der Waals surface area contributed by atoms with E-state index in [2.05, 4.69) is 15.2 Å². The summed E-state index contributed by atoms with van der Waals surface area (Å²) >= 11 is 0. The van der Waals surface area contributed by atoms with Crippen LogP contribution >= 0.6 is 7.75 Å². The average Bonchev–Trinajstić information content (AvgIpc) is 3.56. The first-order valence-electron chi connectivity index (χ1n) is 16.1. The highest BCUT2D eigenvalue weighted by atomic mass is 31.2. The first-order valence-corrected chi connectivity index (χ1v) is 17.7. The van der Waals surface area contributed by atoms with Crippen LogP contribution in [0.5, 0.6) is 5.75 Å². The van der Waals surface area contributed by atoms with Crippen LogP contribution in [0.4, 0.5) is 5.82 Å². The molecule has 6 rings (SSSR count). The zero-order valence-corrected chi connectivity index (χ0v) is 28.9. The molecule has 1 unspecified atom stereocenters. The Morgan fingerprint density at radius 2 is 1.72 bits per heavy atom. The van der Waals surface area contributed by atoms with Crippen molar-refractivity contribution in [3.63, 3.8) is 0 Å². The van der Waals surface area contributed by atoms with Gasteiger partial charge in [-0.2, -0.15) is 10.2 Å². The van der Waals surface area contributed by atoms with Crippen molar-refractivity contribution in [2.75, 3.05) is 45.4 Å². The maximum Gasteiger partial charge on any atom is 0.459 e. The maximum absolute atomic E-state index is 14.4. The van der Waals surface area contributed by atoms with Gasteiger partial charge >= 0.3 is 25.7 Å². The Morgan fingerprint density at radius 3 is 2.36 bits per heavy atom. The molecule has 3 aromatic rings. The Labute approximate surface area is 287 Å². The molecular formula is C32H40N5O12P. The van der Waals surface area contributed by atoms with Crippen molar-refractivity contribution in [2.24, 2.45) is 11.8 Å². The molecule has 0 bridgehead atoms. The number of hydrogen-bond donors (Lipinski definition) is 2. The minimum atomic E-state index is -4.41. The fraction of sp³-hybridized carbons (Fsp3) is 0.531. The van der Waals surface area contributed by atoms with Gasteiger partial charge in [0.05, 0.1) is 51.4 Å². The van der Waals surface area contributed by atoms with Crippen molar-refractivity contribution in [1.29, 1.82) is 0 Å². The van der Waals surface area contributed by atoms with Crippen LogP contribution in [0.25, 0.3) is 5.52 Å². The van der Waals surface area contributed by atoms with Gasteiger partial charge in [0.25, 0.3) is 0 Å². The number of nitrogens with two attached hydrogens (primary N) is 1. The Morgan fingerprint density at radius 1 is 1.04 bits per heavy atom. The molecular weight excluding hydrogens is 677 g/mol. The van der Waals surface area contributed by atoms with Crippen LogP contribution in [0.3, 0.4) is 0 Å². The number of nitrogen functional groups attached to an aromatic ring is 1. The third-order valence-electron chi connectivity index (χ3n) is 8.52. The molecule has 3 saturated heterocycles. The van der Waals surface area contributed by atoms with Crippen molar-refractivity contribution in [1.82, 2.24) is 19.7 Å². The topological polar surface area (TPSA) is 210 Å². The highest BCUT2D eigenvalue weighted by molar-refractivity contribution is 7.52. The van der Waals surface area contributed by atoms with Crippen LogP contribution in [-0.2, 0) is 57.5 Å². The number of carbonyl (C=O) groups excluding carboxylic acids is 3. The maximum atomic E-state index is 14.4. The molecule has 0 spiro atoms. The molecule has 0 saturated carbocycles. The molecule has 5 heterocycles. The van der Waals surface area contributed by atoms with Crippen LogP contribution < -0.4 is 15.3 Å². The van der Waals surface area contributed by atoms with Gasteiger partial charge in [0.15, 0.2) is 11.9 Å². The molecule has 17 nitrogen and oxygen atoms in total. The van der Waals surface area contributed by atoms with E-state index in [1.54, 1.807) is 63.2 Å². The van der Waals surface area contributed by atoms with Gasteiger partial charge in [-0.1, -0.05) is 18.2 Å². The number of esters is 3. The van der Waals surface area contributed by atoms with E-state index in [1.807, 2.05) is 0 Å². The predicted molar refractivity (Wildman–Crippen MR) is 172 cm³/mol. The molecule has 3 N–H and O–H groups in total. The van der Waals surface area contributed by atoms with Crippen LogP contribution in [0.15, 0.2) is 48.8 Å². The van der Waals surface area contributed by atoms with Crippen LogP contribution in [0.1, 0.15) is 33.4 Å². The molecule has 50 heavy (non-hydrogen) atoms. The first-order chi connectivity index (χ1) is 23.8. The Kier molecular flexibility index (Phi) is 10.2. The summed E-state index contributed by atoms with van der Waals surface area (Å²) in [5.74, 6) is -2.77. The second-order valence-electron chi connectivity index (χ2n) is 12.9. The molecule has 270 valence electrons. The number of anilines is 1. The molecule has 1 aromatic carbocycles. The van der Waals surface area contributed by atoms with Gasteiger partial charge in [-0.25, -0.2) is 14.1 Å². The average molecular weight is 718 g/mol. The fourth-order valence-corrected chi connectivity index (χ4v) is 7.22. The van der Waals surface area contributed by atoms with Gasteiger partial charge in [0.1, 0.15) is 41.1 Å². The molecule has 2 aromatic heterocycles. The minimum Gasteiger partial charge on any atom is -0.462 e. The third-order valence-corrected chi connectivity index (χ3v) is 10.1. The number of ether oxygens (including phenoxy) is 6. The highest BCUT2D eigenvalue weighted by Crippen LogP contribution is 2.51. The quantitative estimate of drug-likeness (QED) is 0.139. The van der Waals surface area contributed by atoms with Gasteiger partial charge < -0.3 is 38.7 Å². The fourth-order valence-electron chi connectivity index (χ4n) is 5.64. The highest BCUT2D eigenvalue weighted by Gasteiger charge is 2.65. The van der Waals surface area contributed by atoms with Crippen LogP contribution in [-0.4, -0.2) is 96.0 Å². The van der Waals surface area contributed by atoms with Crippen molar-refractivity contribution in [3.8, 4) is 5.75 Å². The number of fused-ring (bicyclic) bond motifs is 1. The normalized spacial score (nSPS) is 25.7. The van der Waals surface area contributed by atoms with Crippen LogP contribution in [0, 0.1) is 11.8 Å². The summed E-state index contributed by atoms with van der Waals surface area (Å²) in [6.07, 6.45) is -0.603. The first kappa shape index (κ1) is 35.7. The number of carbonyl (C=O) groups is 3. The number of hydrogen-bond acceptors (Lipinski definition) is 15. The Hall–Kier alpha value is -4.12. The summed E-state index contributed by atoms with van der Waals surface area (Å²) < 4.78 is 62.3. The van der Waals surface area contributed by atoms with Gasteiger partial charge in [-0.15, -0.1) is 0 Å². The standard InChI is InChI=1S/C32H40N5O12P/c1-19(2)46-27(38)20(3)36-50(41,49-23-8-6-5-7-9-23)45-16-31(4)30(47-28(39)21-12-42-13-21)32(17-44-31,48-29(40)22-14-43-15-22)25-11-10-24-26(33)34-18-35-37(24)25/h5-11,18-22,30H,12-17H2,1-4H3,(H,36,41)(H2,33,34,35)/t20-,30+,31+,32+,50?/m0/s1. The van der Waals surface area contributed by atoms with E-state index in [0.29, 0.717) is 5.52 Å². The molecule has 3 aliphatic heterocycles. The van der Waals surface area contributed by atoms with Gasteiger partial charge in [-0.05, 0) is 52.0 Å². The summed E-state index contributed by atoms with van der Waals surface area (Å²) in [7, 11) is -4.41. The lowest BCUT2D eigenvalue weighted by Gasteiger charge is -2.40. The predicted octanol–water partition coefficient (Wildman–Crippen LogP) is 2.18. The number of benzene rings is 1. The SMILES string of the molecule is CC(C)OC(=O)[C@H](C)NP(=O)(OC[C@@]1(C)OC[C@@](OC(=O)C2COC2)(c2ccc3c(N)ncnn23)[C@@H]1OC(=O)C1COC1)Oc1ccccc1. The largest absolute Gasteiger partial charge is 0.462 e. The lowest BCUT2D eigenvalue weighted by atomic mass is 9.85.